The van der Waals surface area contributed by atoms with Crippen molar-refractivity contribution < 1.29 is 4.74 Å². The first-order valence-electron chi connectivity index (χ1n) is 5.77. The zero-order valence-electron chi connectivity index (χ0n) is 10.5. The molecule has 2 rings (SSSR count). The van der Waals surface area contributed by atoms with Crippen molar-refractivity contribution in [3.8, 4) is 5.75 Å². The Morgan fingerprint density at radius 1 is 1.41 bits per heavy atom. The molecule has 3 nitrogen and oxygen atoms in total. The number of likely N-dealkylation sites (N-methyl/N-ethyl adjacent to an activating group) is 1. The summed E-state index contributed by atoms with van der Waals surface area (Å²) < 4.78 is 5.16. The molecule has 1 aliphatic rings. The molecule has 0 bridgehead atoms. The number of rotatable bonds is 4. The highest BCUT2D eigenvalue weighted by Gasteiger charge is 2.48. The average molecular weight is 255 g/mol. The Balaban J connectivity index is 2.37. The van der Waals surface area contributed by atoms with Crippen LogP contribution < -0.4 is 10.5 Å². The van der Waals surface area contributed by atoms with Gasteiger partial charge in [-0.1, -0.05) is 17.7 Å². The standard InChI is InChI=1S/C13H19ClN2O/c1-16(2)12(13(15)6-7-13)10-5-4-9(17-3)8-11(10)14/h4-5,8,12H,6-7,15H2,1-3H3. The van der Waals surface area contributed by atoms with E-state index in [2.05, 4.69) is 4.90 Å². The van der Waals surface area contributed by atoms with Crippen LogP contribution in [0.5, 0.6) is 5.75 Å². The Hall–Kier alpha value is -0.770. The van der Waals surface area contributed by atoms with Gasteiger partial charge in [-0.2, -0.15) is 0 Å². The zero-order valence-corrected chi connectivity index (χ0v) is 11.3. The molecule has 0 heterocycles. The number of hydrogen-bond donors (Lipinski definition) is 1. The van der Waals surface area contributed by atoms with Gasteiger partial charge in [-0.15, -0.1) is 0 Å². The Morgan fingerprint density at radius 3 is 2.47 bits per heavy atom. The molecule has 0 aromatic heterocycles. The lowest BCUT2D eigenvalue weighted by atomic mass is 9.96. The van der Waals surface area contributed by atoms with Gasteiger partial charge in [0.15, 0.2) is 0 Å². The summed E-state index contributed by atoms with van der Waals surface area (Å²) in [6.45, 7) is 0. The highest BCUT2D eigenvalue weighted by Crippen LogP contribution is 2.47. The molecule has 1 aromatic carbocycles. The van der Waals surface area contributed by atoms with Crippen LogP contribution in [-0.2, 0) is 0 Å². The minimum atomic E-state index is -0.123. The van der Waals surface area contributed by atoms with Crippen LogP contribution >= 0.6 is 11.6 Å². The average Bonchev–Trinajstić information content (AvgIpc) is 2.99. The number of methoxy groups -OCH3 is 1. The predicted octanol–water partition coefficient (Wildman–Crippen LogP) is 2.44. The molecule has 0 amide bonds. The summed E-state index contributed by atoms with van der Waals surface area (Å²) >= 11 is 6.32. The van der Waals surface area contributed by atoms with Crippen LogP contribution in [0.15, 0.2) is 18.2 Å². The number of nitrogens with two attached hydrogens (primary N) is 1. The van der Waals surface area contributed by atoms with Gasteiger partial charge in [-0.05, 0) is 44.6 Å². The first-order valence-corrected chi connectivity index (χ1v) is 6.14. The lowest BCUT2D eigenvalue weighted by Gasteiger charge is -2.31. The van der Waals surface area contributed by atoms with Gasteiger partial charge in [-0.25, -0.2) is 0 Å². The molecule has 1 aromatic rings. The van der Waals surface area contributed by atoms with Crippen LogP contribution in [-0.4, -0.2) is 31.6 Å². The first kappa shape index (κ1) is 12.7. The van der Waals surface area contributed by atoms with E-state index in [1.165, 1.54) is 0 Å². The fourth-order valence-corrected chi connectivity index (χ4v) is 2.65. The van der Waals surface area contributed by atoms with E-state index in [-0.39, 0.29) is 11.6 Å². The second-order valence-corrected chi connectivity index (χ2v) is 5.39. The van der Waals surface area contributed by atoms with E-state index < -0.39 is 0 Å². The fraction of sp³-hybridized carbons (Fsp3) is 0.538. The molecule has 1 unspecified atom stereocenters. The Bertz CT molecular complexity index is 416. The van der Waals surface area contributed by atoms with Gasteiger partial charge in [0.1, 0.15) is 5.75 Å². The van der Waals surface area contributed by atoms with Crippen LogP contribution in [0, 0.1) is 0 Å². The van der Waals surface area contributed by atoms with Crippen LogP contribution in [0.4, 0.5) is 0 Å². The van der Waals surface area contributed by atoms with Crippen molar-refractivity contribution >= 4 is 11.6 Å². The lowest BCUT2D eigenvalue weighted by molar-refractivity contribution is 0.245. The van der Waals surface area contributed by atoms with Crippen molar-refractivity contribution in [3.05, 3.63) is 28.8 Å². The molecular weight excluding hydrogens is 236 g/mol. The second kappa shape index (κ2) is 4.48. The van der Waals surface area contributed by atoms with E-state index in [9.17, 15) is 0 Å². The minimum Gasteiger partial charge on any atom is -0.497 e. The summed E-state index contributed by atoms with van der Waals surface area (Å²) in [5, 5.41) is 0.722. The van der Waals surface area contributed by atoms with Crippen molar-refractivity contribution in [2.24, 2.45) is 5.73 Å². The molecule has 0 spiro atoms. The number of hydrogen-bond acceptors (Lipinski definition) is 3. The number of benzene rings is 1. The topological polar surface area (TPSA) is 38.5 Å². The predicted molar refractivity (Wildman–Crippen MR) is 70.6 cm³/mol. The van der Waals surface area contributed by atoms with Gasteiger partial charge in [0.25, 0.3) is 0 Å². The fourth-order valence-electron chi connectivity index (χ4n) is 2.38. The normalized spacial score (nSPS) is 19.2. The largest absolute Gasteiger partial charge is 0.497 e. The van der Waals surface area contributed by atoms with E-state index in [4.69, 9.17) is 22.1 Å². The summed E-state index contributed by atoms with van der Waals surface area (Å²) in [7, 11) is 5.72. The van der Waals surface area contributed by atoms with Crippen LogP contribution in [0.1, 0.15) is 24.4 Å². The third-order valence-corrected chi connectivity index (χ3v) is 3.72. The van der Waals surface area contributed by atoms with Crippen molar-refractivity contribution in [3.63, 3.8) is 0 Å². The summed E-state index contributed by atoms with van der Waals surface area (Å²) in [5.41, 5.74) is 7.29. The van der Waals surface area contributed by atoms with Crippen LogP contribution in [0.2, 0.25) is 5.02 Å². The summed E-state index contributed by atoms with van der Waals surface area (Å²) in [6, 6.07) is 5.96. The lowest BCUT2D eigenvalue weighted by Crippen LogP contribution is -2.39. The Labute approximate surface area is 107 Å². The molecule has 0 aliphatic heterocycles. The highest BCUT2D eigenvalue weighted by molar-refractivity contribution is 6.31. The first-order chi connectivity index (χ1) is 7.98. The van der Waals surface area contributed by atoms with E-state index >= 15 is 0 Å². The SMILES string of the molecule is COc1ccc(C(N(C)C)C2(N)CC2)c(Cl)c1. The summed E-state index contributed by atoms with van der Waals surface area (Å²) in [6.07, 6.45) is 2.11. The molecule has 4 heteroatoms. The van der Waals surface area contributed by atoms with Gasteiger partial charge in [0.2, 0.25) is 0 Å². The van der Waals surface area contributed by atoms with Gasteiger partial charge in [-0.3, -0.25) is 0 Å². The number of nitrogens with zero attached hydrogens (tertiary/aromatic N) is 1. The van der Waals surface area contributed by atoms with Crippen molar-refractivity contribution in [2.45, 2.75) is 24.4 Å². The molecule has 0 radical (unpaired) electrons. The molecule has 1 aliphatic carbocycles. The zero-order chi connectivity index (χ0) is 12.6. The van der Waals surface area contributed by atoms with E-state index in [1.54, 1.807) is 7.11 Å². The van der Waals surface area contributed by atoms with Gasteiger partial charge < -0.3 is 15.4 Å². The molecule has 17 heavy (non-hydrogen) atoms. The smallest absolute Gasteiger partial charge is 0.120 e. The minimum absolute atomic E-state index is 0.123. The van der Waals surface area contributed by atoms with Crippen molar-refractivity contribution in [1.29, 1.82) is 0 Å². The maximum absolute atomic E-state index is 6.33. The Kier molecular flexibility index (Phi) is 3.34. The Morgan fingerprint density at radius 2 is 2.06 bits per heavy atom. The monoisotopic (exact) mass is 254 g/mol. The maximum Gasteiger partial charge on any atom is 0.120 e. The molecule has 1 saturated carbocycles. The highest BCUT2D eigenvalue weighted by atomic mass is 35.5. The van der Waals surface area contributed by atoms with Crippen molar-refractivity contribution in [2.75, 3.05) is 21.2 Å². The molecule has 2 N–H and O–H groups in total. The second-order valence-electron chi connectivity index (χ2n) is 4.99. The van der Waals surface area contributed by atoms with Gasteiger partial charge in [0, 0.05) is 10.6 Å². The van der Waals surface area contributed by atoms with E-state index in [0.717, 1.165) is 29.2 Å². The molecular formula is C13H19ClN2O. The summed E-state index contributed by atoms with van der Waals surface area (Å²) in [5.74, 6) is 0.776. The third kappa shape index (κ3) is 2.41. The number of halogens is 1. The van der Waals surface area contributed by atoms with Crippen LogP contribution in [0.3, 0.4) is 0 Å². The molecule has 1 atom stereocenters. The molecule has 1 fully saturated rings. The van der Waals surface area contributed by atoms with Crippen LogP contribution in [0.25, 0.3) is 0 Å². The molecule has 94 valence electrons. The van der Waals surface area contributed by atoms with Crippen molar-refractivity contribution in [1.82, 2.24) is 4.90 Å². The van der Waals surface area contributed by atoms with E-state index in [0.29, 0.717) is 0 Å². The molecule has 0 saturated heterocycles. The van der Waals surface area contributed by atoms with E-state index in [1.807, 2.05) is 32.3 Å². The third-order valence-electron chi connectivity index (χ3n) is 3.39. The maximum atomic E-state index is 6.33. The van der Waals surface area contributed by atoms with Gasteiger partial charge >= 0.3 is 0 Å². The van der Waals surface area contributed by atoms with Gasteiger partial charge in [0.05, 0.1) is 13.2 Å². The summed E-state index contributed by atoms with van der Waals surface area (Å²) in [4.78, 5) is 2.14. The number of ether oxygens (including phenoxy) is 1. The quantitative estimate of drug-likeness (QED) is 0.897.